The second kappa shape index (κ2) is 6.02. The summed E-state index contributed by atoms with van der Waals surface area (Å²) >= 11 is 1.59. The number of hydrogen-bond acceptors (Lipinski definition) is 5. The number of hydrogen-bond donors (Lipinski definition) is 0. The minimum Gasteiger partial charge on any atom is -0.294 e. The fourth-order valence-electron chi connectivity index (χ4n) is 3.03. The standard InChI is InChI=1S/C18H18N4OS/c1-11-7-15-14(16(23)8-11)9-22-17(19-15)20-18(21-22)24-10-13-6-4-3-5-12(13)2/h3-6,9,11H,7-8,10H2,1-2H3/t11-/m0/s1. The maximum absolute atomic E-state index is 12.2. The molecule has 0 bridgehead atoms. The van der Waals surface area contributed by atoms with Crippen LogP contribution in [0.2, 0.25) is 0 Å². The summed E-state index contributed by atoms with van der Waals surface area (Å²) in [6.45, 7) is 4.19. The average Bonchev–Trinajstić information content (AvgIpc) is 2.94. The number of aromatic nitrogens is 4. The third kappa shape index (κ3) is 2.82. The lowest BCUT2D eigenvalue weighted by atomic mass is 9.88. The number of thioether (sulfide) groups is 1. The van der Waals surface area contributed by atoms with Crippen LogP contribution >= 0.6 is 11.8 Å². The molecule has 3 aromatic rings. The number of nitrogens with zero attached hydrogens (tertiary/aromatic N) is 4. The molecule has 4 rings (SSSR count). The van der Waals surface area contributed by atoms with Gasteiger partial charge < -0.3 is 0 Å². The van der Waals surface area contributed by atoms with Crippen LogP contribution in [-0.2, 0) is 12.2 Å². The van der Waals surface area contributed by atoms with Crippen molar-refractivity contribution in [2.45, 2.75) is 37.6 Å². The van der Waals surface area contributed by atoms with Crippen molar-refractivity contribution < 1.29 is 4.79 Å². The number of benzene rings is 1. The summed E-state index contributed by atoms with van der Waals surface area (Å²) < 4.78 is 1.63. The Hall–Kier alpha value is -2.21. The van der Waals surface area contributed by atoms with Crippen LogP contribution in [0.4, 0.5) is 0 Å². The number of Topliss-reactive ketones (excluding diaryl/α,β-unsaturated/α-hetero) is 1. The van der Waals surface area contributed by atoms with Gasteiger partial charge >= 0.3 is 0 Å². The molecule has 2 heterocycles. The second-order valence-corrected chi connectivity index (χ2v) is 7.33. The van der Waals surface area contributed by atoms with Crippen molar-refractivity contribution in [1.82, 2.24) is 19.6 Å². The van der Waals surface area contributed by atoms with Gasteiger partial charge in [-0.2, -0.15) is 4.98 Å². The Morgan fingerprint density at radius 2 is 2.08 bits per heavy atom. The molecule has 0 saturated heterocycles. The third-order valence-corrected chi connectivity index (χ3v) is 5.27. The van der Waals surface area contributed by atoms with Crippen molar-refractivity contribution in [3.8, 4) is 0 Å². The van der Waals surface area contributed by atoms with E-state index in [0.717, 1.165) is 17.9 Å². The van der Waals surface area contributed by atoms with Crippen LogP contribution in [0.1, 0.15) is 40.5 Å². The van der Waals surface area contributed by atoms with E-state index in [9.17, 15) is 4.79 Å². The Morgan fingerprint density at radius 1 is 1.25 bits per heavy atom. The first-order chi connectivity index (χ1) is 11.6. The molecule has 0 radical (unpaired) electrons. The fourth-order valence-corrected chi connectivity index (χ4v) is 3.93. The molecule has 6 heteroatoms. The molecule has 1 aliphatic carbocycles. The largest absolute Gasteiger partial charge is 0.294 e. The SMILES string of the molecule is Cc1ccccc1CSc1nc2nc3c(cn2n1)C(=O)C[C@@H](C)C3. The molecule has 0 unspecified atom stereocenters. The lowest BCUT2D eigenvalue weighted by Crippen LogP contribution is -2.20. The zero-order chi connectivity index (χ0) is 16.7. The van der Waals surface area contributed by atoms with Crippen LogP contribution < -0.4 is 0 Å². The highest BCUT2D eigenvalue weighted by atomic mass is 32.2. The van der Waals surface area contributed by atoms with Gasteiger partial charge in [0.05, 0.1) is 11.3 Å². The third-order valence-electron chi connectivity index (χ3n) is 4.39. The molecule has 0 spiro atoms. The van der Waals surface area contributed by atoms with Crippen LogP contribution in [-0.4, -0.2) is 25.4 Å². The Balaban J connectivity index is 1.62. The summed E-state index contributed by atoms with van der Waals surface area (Å²) in [5.74, 6) is 1.89. The van der Waals surface area contributed by atoms with Crippen molar-refractivity contribution in [1.29, 1.82) is 0 Å². The zero-order valence-electron chi connectivity index (χ0n) is 13.7. The first-order valence-electron chi connectivity index (χ1n) is 8.07. The number of aryl methyl sites for hydroxylation is 1. The quantitative estimate of drug-likeness (QED) is 0.684. The van der Waals surface area contributed by atoms with Gasteiger partial charge in [-0.15, -0.1) is 5.10 Å². The molecule has 0 saturated carbocycles. The van der Waals surface area contributed by atoms with Gasteiger partial charge in [0.25, 0.3) is 5.78 Å². The van der Waals surface area contributed by atoms with Crippen molar-refractivity contribution in [3.05, 3.63) is 52.8 Å². The van der Waals surface area contributed by atoms with E-state index in [4.69, 9.17) is 0 Å². The van der Waals surface area contributed by atoms with E-state index in [-0.39, 0.29) is 5.78 Å². The molecule has 5 nitrogen and oxygen atoms in total. The lowest BCUT2D eigenvalue weighted by molar-refractivity contribution is 0.0951. The summed E-state index contributed by atoms with van der Waals surface area (Å²) in [6, 6.07) is 8.31. The second-order valence-electron chi connectivity index (χ2n) is 6.39. The molecule has 1 aliphatic rings. The van der Waals surface area contributed by atoms with Gasteiger partial charge in [0.15, 0.2) is 5.78 Å². The van der Waals surface area contributed by atoms with Crippen molar-refractivity contribution in [2.24, 2.45) is 5.92 Å². The van der Waals surface area contributed by atoms with E-state index in [1.807, 2.05) is 12.1 Å². The molecule has 1 atom stereocenters. The highest BCUT2D eigenvalue weighted by Gasteiger charge is 2.25. The van der Waals surface area contributed by atoms with Gasteiger partial charge in [-0.05, 0) is 30.4 Å². The topological polar surface area (TPSA) is 60.1 Å². The Labute approximate surface area is 144 Å². The first kappa shape index (κ1) is 15.3. The molecule has 0 fully saturated rings. The molecule has 0 N–H and O–H groups in total. The van der Waals surface area contributed by atoms with Crippen LogP contribution in [0, 0.1) is 12.8 Å². The predicted molar refractivity (Wildman–Crippen MR) is 93.3 cm³/mol. The summed E-state index contributed by atoms with van der Waals surface area (Å²) in [6.07, 6.45) is 3.20. The van der Waals surface area contributed by atoms with E-state index in [2.05, 4.69) is 41.0 Å². The van der Waals surface area contributed by atoms with Crippen LogP contribution in [0.15, 0.2) is 35.6 Å². The summed E-state index contributed by atoms with van der Waals surface area (Å²) in [5.41, 5.74) is 4.09. The number of fused-ring (bicyclic) bond motifs is 2. The molecule has 2 aromatic heterocycles. The molecular weight excluding hydrogens is 320 g/mol. The monoisotopic (exact) mass is 338 g/mol. The van der Waals surface area contributed by atoms with E-state index in [0.29, 0.717) is 28.8 Å². The van der Waals surface area contributed by atoms with Crippen molar-refractivity contribution in [3.63, 3.8) is 0 Å². The van der Waals surface area contributed by atoms with E-state index < -0.39 is 0 Å². The summed E-state index contributed by atoms with van der Waals surface area (Å²) in [5, 5.41) is 5.16. The molecule has 0 aliphatic heterocycles. The summed E-state index contributed by atoms with van der Waals surface area (Å²) in [7, 11) is 0. The van der Waals surface area contributed by atoms with Crippen LogP contribution in [0.25, 0.3) is 5.78 Å². The maximum Gasteiger partial charge on any atom is 0.253 e. The predicted octanol–water partition coefficient (Wildman–Crippen LogP) is 3.49. The Kier molecular flexibility index (Phi) is 3.84. The van der Waals surface area contributed by atoms with Gasteiger partial charge in [-0.3, -0.25) is 4.79 Å². The van der Waals surface area contributed by atoms with Gasteiger partial charge in [-0.25, -0.2) is 9.50 Å². The zero-order valence-corrected chi connectivity index (χ0v) is 14.5. The van der Waals surface area contributed by atoms with Gasteiger partial charge in [0, 0.05) is 18.4 Å². The number of carbonyl (C=O) groups is 1. The minimum atomic E-state index is 0.155. The Morgan fingerprint density at radius 3 is 2.92 bits per heavy atom. The van der Waals surface area contributed by atoms with E-state index in [1.54, 1.807) is 22.5 Å². The maximum atomic E-state index is 12.2. The van der Waals surface area contributed by atoms with Gasteiger partial charge in [-0.1, -0.05) is 43.0 Å². The average molecular weight is 338 g/mol. The number of rotatable bonds is 3. The number of carbonyl (C=O) groups excluding carboxylic acids is 1. The van der Waals surface area contributed by atoms with E-state index >= 15 is 0 Å². The smallest absolute Gasteiger partial charge is 0.253 e. The number of ketones is 1. The highest BCUT2D eigenvalue weighted by Crippen LogP contribution is 2.26. The molecule has 1 aromatic carbocycles. The molecular formula is C18H18N4OS. The van der Waals surface area contributed by atoms with Gasteiger partial charge in [0.2, 0.25) is 5.16 Å². The van der Waals surface area contributed by atoms with Crippen LogP contribution in [0.5, 0.6) is 0 Å². The molecule has 24 heavy (non-hydrogen) atoms. The van der Waals surface area contributed by atoms with Crippen LogP contribution in [0.3, 0.4) is 0 Å². The fraction of sp³-hybridized carbons (Fsp3) is 0.333. The Bertz CT molecular complexity index is 934. The minimum absolute atomic E-state index is 0.155. The van der Waals surface area contributed by atoms with Crippen molar-refractivity contribution >= 4 is 23.3 Å². The van der Waals surface area contributed by atoms with Gasteiger partial charge in [0.1, 0.15) is 0 Å². The van der Waals surface area contributed by atoms with E-state index in [1.165, 1.54) is 11.1 Å². The van der Waals surface area contributed by atoms with Crippen molar-refractivity contribution in [2.75, 3.05) is 0 Å². The lowest BCUT2D eigenvalue weighted by Gasteiger charge is -2.18. The molecule has 122 valence electrons. The summed E-state index contributed by atoms with van der Waals surface area (Å²) in [4.78, 5) is 21.3. The highest BCUT2D eigenvalue weighted by molar-refractivity contribution is 7.98. The first-order valence-corrected chi connectivity index (χ1v) is 9.05. The normalized spacial score (nSPS) is 17.2. The molecule has 0 amide bonds.